The van der Waals surface area contributed by atoms with Gasteiger partial charge in [-0.1, -0.05) is 86.3 Å². The van der Waals surface area contributed by atoms with E-state index in [-0.39, 0.29) is 5.91 Å². The Morgan fingerprint density at radius 1 is 1.00 bits per heavy atom. The molecule has 4 aromatic rings. The molecule has 0 saturated heterocycles. The number of anilines is 1. The average molecular weight is 444 g/mol. The number of aromatic nitrogens is 2. The number of fused-ring (bicyclic) bond motifs is 1. The Morgan fingerprint density at radius 2 is 1.72 bits per heavy atom. The zero-order chi connectivity index (χ0) is 22.3. The fourth-order valence-electron chi connectivity index (χ4n) is 3.84. The molecule has 4 nitrogen and oxygen atoms in total. The van der Waals surface area contributed by atoms with Crippen molar-refractivity contribution in [2.45, 2.75) is 44.3 Å². The first-order valence-corrected chi connectivity index (χ1v) is 12.1. The minimum Gasteiger partial charge on any atom is -0.325 e. The summed E-state index contributed by atoms with van der Waals surface area (Å²) in [6, 6.07) is 26.7. The first-order valence-electron chi connectivity index (χ1n) is 11.2. The lowest BCUT2D eigenvalue weighted by Gasteiger charge is -2.15. The first-order chi connectivity index (χ1) is 15.7. The number of thioether (sulfide) groups is 1. The van der Waals surface area contributed by atoms with Gasteiger partial charge in [0.2, 0.25) is 5.91 Å². The van der Waals surface area contributed by atoms with Crippen LogP contribution in [0.25, 0.3) is 11.0 Å². The SMILES string of the molecule is CCC(C)c1ccccc1NC(=O)CSc1nc2ccccc2n1CCc1ccccc1. The molecule has 0 aliphatic heterocycles. The summed E-state index contributed by atoms with van der Waals surface area (Å²) < 4.78 is 2.23. The van der Waals surface area contributed by atoms with E-state index in [0.717, 1.165) is 41.3 Å². The van der Waals surface area contributed by atoms with Crippen LogP contribution >= 0.6 is 11.8 Å². The number of amides is 1. The average Bonchev–Trinajstić information content (AvgIpc) is 3.19. The van der Waals surface area contributed by atoms with E-state index < -0.39 is 0 Å². The van der Waals surface area contributed by atoms with Crippen molar-refractivity contribution in [1.82, 2.24) is 9.55 Å². The molecule has 0 spiro atoms. The van der Waals surface area contributed by atoms with E-state index in [9.17, 15) is 4.79 Å². The van der Waals surface area contributed by atoms with E-state index in [1.54, 1.807) is 0 Å². The van der Waals surface area contributed by atoms with Crippen molar-refractivity contribution < 1.29 is 4.79 Å². The topological polar surface area (TPSA) is 46.9 Å². The van der Waals surface area contributed by atoms with Gasteiger partial charge in [-0.05, 0) is 48.1 Å². The second kappa shape index (κ2) is 10.5. The zero-order valence-corrected chi connectivity index (χ0v) is 19.4. The normalized spacial score (nSPS) is 12.1. The number of nitrogens with one attached hydrogen (secondary N) is 1. The number of benzene rings is 3. The summed E-state index contributed by atoms with van der Waals surface area (Å²) in [5, 5.41) is 3.99. The van der Waals surface area contributed by atoms with E-state index >= 15 is 0 Å². The van der Waals surface area contributed by atoms with Crippen molar-refractivity contribution in [3.8, 4) is 0 Å². The molecule has 32 heavy (non-hydrogen) atoms. The molecule has 1 N–H and O–H groups in total. The summed E-state index contributed by atoms with van der Waals surface area (Å²) in [6.07, 6.45) is 1.95. The van der Waals surface area contributed by atoms with E-state index in [1.165, 1.54) is 22.9 Å². The molecule has 0 saturated carbocycles. The van der Waals surface area contributed by atoms with E-state index in [0.29, 0.717) is 11.7 Å². The highest BCUT2D eigenvalue weighted by Crippen LogP contribution is 2.28. The lowest BCUT2D eigenvalue weighted by molar-refractivity contribution is -0.113. The Bertz CT molecular complexity index is 1190. The minimum atomic E-state index is -0.00702. The molecule has 1 aromatic heterocycles. The molecule has 0 aliphatic carbocycles. The van der Waals surface area contributed by atoms with E-state index in [1.807, 2.05) is 42.5 Å². The predicted octanol–water partition coefficient (Wildman–Crippen LogP) is 6.52. The van der Waals surface area contributed by atoms with Gasteiger partial charge in [-0.25, -0.2) is 4.98 Å². The third-order valence-electron chi connectivity index (χ3n) is 5.80. The van der Waals surface area contributed by atoms with Gasteiger partial charge in [0.25, 0.3) is 0 Å². The van der Waals surface area contributed by atoms with E-state index in [4.69, 9.17) is 4.98 Å². The third-order valence-corrected chi connectivity index (χ3v) is 6.77. The summed E-state index contributed by atoms with van der Waals surface area (Å²) >= 11 is 1.50. The van der Waals surface area contributed by atoms with Gasteiger partial charge in [-0.3, -0.25) is 4.79 Å². The lowest BCUT2D eigenvalue weighted by atomic mass is 9.97. The molecule has 0 fully saturated rings. The molecule has 0 radical (unpaired) electrons. The van der Waals surface area contributed by atoms with Crippen LogP contribution in [0.5, 0.6) is 0 Å². The van der Waals surface area contributed by atoms with Gasteiger partial charge >= 0.3 is 0 Å². The van der Waals surface area contributed by atoms with Crippen LogP contribution in [-0.2, 0) is 17.8 Å². The van der Waals surface area contributed by atoms with Crippen LogP contribution in [0.4, 0.5) is 5.69 Å². The Balaban J connectivity index is 1.48. The van der Waals surface area contributed by atoms with Crippen LogP contribution in [-0.4, -0.2) is 21.2 Å². The number of aryl methyl sites for hydroxylation is 2. The first kappa shape index (κ1) is 22.2. The van der Waals surface area contributed by atoms with Crippen molar-refractivity contribution in [1.29, 1.82) is 0 Å². The van der Waals surface area contributed by atoms with Crippen LogP contribution in [0, 0.1) is 0 Å². The molecule has 1 heterocycles. The van der Waals surface area contributed by atoms with Crippen molar-refractivity contribution in [3.05, 3.63) is 90.0 Å². The number of hydrogen-bond donors (Lipinski definition) is 1. The smallest absolute Gasteiger partial charge is 0.234 e. The number of imidazole rings is 1. The summed E-state index contributed by atoms with van der Waals surface area (Å²) in [7, 11) is 0. The maximum Gasteiger partial charge on any atom is 0.234 e. The van der Waals surface area contributed by atoms with Crippen molar-refractivity contribution in [2.75, 3.05) is 11.1 Å². The predicted molar refractivity (Wildman–Crippen MR) is 134 cm³/mol. The second-order valence-corrected chi connectivity index (χ2v) is 8.95. The fourth-order valence-corrected chi connectivity index (χ4v) is 4.68. The molecule has 3 aromatic carbocycles. The number of carbonyl (C=O) groups excluding carboxylic acids is 1. The highest BCUT2D eigenvalue weighted by atomic mass is 32.2. The molecule has 164 valence electrons. The van der Waals surface area contributed by atoms with Gasteiger partial charge < -0.3 is 9.88 Å². The largest absolute Gasteiger partial charge is 0.325 e. The maximum absolute atomic E-state index is 12.8. The molecular weight excluding hydrogens is 414 g/mol. The van der Waals surface area contributed by atoms with Crippen molar-refractivity contribution >= 4 is 34.4 Å². The summed E-state index contributed by atoms with van der Waals surface area (Å²) in [6.45, 7) is 5.18. The van der Waals surface area contributed by atoms with Crippen LogP contribution in [0.3, 0.4) is 0 Å². The van der Waals surface area contributed by atoms with Crippen molar-refractivity contribution in [2.24, 2.45) is 0 Å². The molecule has 5 heteroatoms. The number of hydrogen-bond acceptors (Lipinski definition) is 3. The molecule has 4 rings (SSSR count). The summed E-state index contributed by atoms with van der Waals surface area (Å²) in [4.78, 5) is 17.6. The maximum atomic E-state index is 12.8. The van der Waals surface area contributed by atoms with E-state index in [2.05, 4.69) is 60.1 Å². The van der Waals surface area contributed by atoms with Gasteiger partial charge in [-0.2, -0.15) is 0 Å². The Labute approximate surface area is 194 Å². The number of nitrogens with zero attached hydrogens (tertiary/aromatic N) is 2. The second-order valence-electron chi connectivity index (χ2n) is 8.00. The monoisotopic (exact) mass is 443 g/mol. The molecule has 1 unspecified atom stereocenters. The van der Waals surface area contributed by atoms with Gasteiger partial charge in [0.05, 0.1) is 16.8 Å². The lowest BCUT2D eigenvalue weighted by Crippen LogP contribution is -2.16. The molecule has 1 atom stereocenters. The van der Waals surface area contributed by atoms with Crippen LogP contribution in [0.2, 0.25) is 0 Å². The third kappa shape index (κ3) is 5.22. The molecule has 0 bridgehead atoms. The summed E-state index contributed by atoms with van der Waals surface area (Å²) in [5.74, 6) is 0.720. The fraction of sp³-hybridized carbons (Fsp3) is 0.259. The Hall–Kier alpha value is -3.05. The number of para-hydroxylation sites is 3. The van der Waals surface area contributed by atoms with Gasteiger partial charge in [0, 0.05) is 12.2 Å². The highest BCUT2D eigenvalue weighted by Gasteiger charge is 2.15. The van der Waals surface area contributed by atoms with Crippen LogP contribution < -0.4 is 5.32 Å². The zero-order valence-electron chi connectivity index (χ0n) is 18.6. The number of rotatable bonds is 9. The Kier molecular flexibility index (Phi) is 7.28. The molecule has 0 aliphatic rings. The van der Waals surface area contributed by atoms with Gasteiger partial charge in [0.1, 0.15) is 0 Å². The summed E-state index contributed by atoms with van der Waals surface area (Å²) in [5.41, 5.74) is 5.45. The Morgan fingerprint density at radius 3 is 2.53 bits per heavy atom. The molecule has 1 amide bonds. The minimum absolute atomic E-state index is 0.00702. The van der Waals surface area contributed by atoms with Crippen molar-refractivity contribution in [3.63, 3.8) is 0 Å². The van der Waals surface area contributed by atoms with Crippen LogP contribution in [0.1, 0.15) is 37.3 Å². The molecular formula is C27H29N3OS. The van der Waals surface area contributed by atoms with Gasteiger partial charge in [-0.15, -0.1) is 0 Å². The standard InChI is InChI=1S/C27H29N3OS/c1-3-20(2)22-13-7-8-14-23(22)28-26(31)19-32-27-29-24-15-9-10-16-25(24)30(27)18-17-21-11-5-4-6-12-21/h4-16,20H,3,17-19H2,1-2H3,(H,28,31). The highest BCUT2D eigenvalue weighted by molar-refractivity contribution is 7.99. The quantitative estimate of drug-likeness (QED) is 0.299. The van der Waals surface area contributed by atoms with Gasteiger partial charge in [0.15, 0.2) is 5.16 Å². The van der Waals surface area contributed by atoms with Crippen LogP contribution in [0.15, 0.2) is 84.0 Å². The number of carbonyl (C=O) groups is 1.